The summed E-state index contributed by atoms with van der Waals surface area (Å²) in [5.41, 5.74) is 2.59. The average Bonchev–Trinajstić information content (AvgIpc) is 2.96. The van der Waals surface area contributed by atoms with Gasteiger partial charge in [-0.25, -0.2) is 0 Å². The molecule has 2 heterocycles. The van der Waals surface area contributed by atoms with Crippen molar-refractivity contribution in [1.29, 1.82) is 0 Å². The first-order valence-corrected chi connectivity index (χ1v) is 9.87. The fraction of sp³-hybridized carbons (Fsp3) is 0.381. The Bertz CT molecular complexity index is 735. The molecule has 2 nitrogen and oxygen atoms in total. The van der Waals surface area contributed by atoms with E-state index in [1.54, 1.807) is 0 Å². The summed E-state index contributed by atoms with van der Waals surface area (Å²) in [5, 5.41) is 0. The molecule has 0 N–H and O–H groups in total. The van der Waals surface area contributed by atoms with E-state index in [0.29, 0.717) is 0 Å². The zero-order valence-electron chi connectivity index (χ0n) is 14.2. The molecule has 0 radical (unpaired) electrons. The predicted molar refractivity (Wildman–Crippen MR) is 103 cm³/mol. The number of hydrogen-bond donors (Lipinski definition) is 0. The lowest BCUT2D eigenvalue weighted by Gasteiger charge is -2.29. The average molecular weight is 337 g/mol. The minimum Gasteiger partial charge on any atom is -0.356 e. The molecule has 0 aliphatic carbocycles. The number of nitrogens with zero attached hydrogens (tertiary/aromatic N) is 2. The summed E-state index contributed by atoms with van der Waals surface area (Å²) in [5.74, 6) is 2.20. The van der Waals surface area contributed by atoms with Crippen molar-refractivity contribution in [2.75, 3.05) is 18.8 Å². The van der Waals surface area contributed by atoms with Gasteiger partial charge in [0.25, 0.3) is 0 Å². The van der Waals surface area contributed by atoms with Crippen LogP contribution in [-0.4, -0.2) is 29.6 Å². The smallest absolute Gasteiger partial charge is 0.132 e. The molecule has 124 valence electrons. The minimum atomic E-state index is -0.135. The summed E-state index contributed by atoms with van der Waals surface area (Å²) in [6, 6.07) is 19.5. The number of aliphatic imine (C=N–C) groups is 1. The van der Waals surface area contributed by atoms with Gasteiger partial charge in [-0.05, 0) is 43.9 Å². The second kappa shape index (κ2) is 6.64. The molecule has 1 saturated heterocycles. The standard InChI is InChI=1S/C21H24N2S/c1-21(16-24-17-10-4-2-5-11-17)19-13-7-6-12-18(19)20(22-21)23-14-8-3-9-15-23/h2,4-7,10-13H,3,8-9,14-16H2,1H3. The van der Waals surface area contributed by atoms with Gasteiger partial charge in [0.05, 0.1) is 5.54 Å². The van der Waals surface area contributed by atoms with Gasteiger partial charge < -0.3 is 4.90 Å². The van der Waals surface area contributed by atoms with Crippen LogP contribution in [0.5, 0.6) is 0 Å². The molecule has 0 saturated carbocycles. The Kier molecular flexibility index (Phi) is 4.36. The highest BCUT2D eigenvalue weighted by Gasteiger charge is 2.37. The second-order valence-electron chi connectivity index (χ2n) is 6.90. The summed E-state index contributed by atoms with van der Waals surface area (Å²) in [6.07, 6.45) is 3.93. The van der Waals surface area contributed by atoms with Crippen LogP contribution in [0.2, 0.25) is 0 Å². The van der Waals surface area contributed by atoms with Gasteiger partial charge in [0.2, 0.25) is 0 Å². The zero-order valence-corrected chi connectivity index (χ0v) is 15.1. The lowest BCUT2D eigenvalue weighted by molar-refractivity contribution is 0.341. The molecule has 2 aromatic carbocycles. The molecule has 2 aliphatic rings. The van der Waals surface area contributed by atoms with Crippen LogP contribution in [0.1, 0.15) is 37.3 Å². The van der Waals surface area contributed by atoms with Gasteiger partial charge in [0, 0.05) is 29.3 Å². The maximum absolute atomic E-state index is 5.25. The van der Waals surface area contributed by atoms with E-state index in [9.17, 15) is 0 Å². The number of hydrogen-bond acceptors (Lipinski definition) is 3. The van der Waals surface area contributed by atoms with Gasteiger partial charge in [-0.2, -0.15) is 0 Å². The van der Waals surface area contributed by atoms with E-state index in [1.807, 2.05) is 11.8 Å². The normalized spacial score (nSPS) is 23.0. The Hall–Kier alpha value is -1.74. The Morgan fingerprint density at radius 2 is 1.67 bits per heavy atom. The summed E-state index contributed by atoms with van der Waals surface area (Å²) in [4.78, 5) is 9.07. The van der Waals surface area contributed by atoms with E-state index in [2.05, 4.69) is 66.4 Å². The number of fused-ring (bicyclic) bond motifs is 1. The largest absolute Gasteiger partial charge is 0.356 e. The van der Waals surface area contributed by atoms with E-state index in [0.717, 1.165) is 18.8 Å². The number of benzene rings is 2. The first kappa shape index (κ1) is 15.8. The quantitative estimate of drug-likeness (QED) is 0.738. The first-order chi connectivity index (χ1) is 11.8. The van der Waals surface area contributed by atoms with Crippen LogP contribution >= 0.6 is 11.8 Å². The Morgan fingerprint density at radius 1 is 0.958 bits per heavy atom. The molecule has 4 rings (SSSR count). The Labute approximate surface area is 149 Å². The van der Waals surface area contributed by atoms with Crippen molar-refractivity contribution in [2.24, 2.45) is 4.99 Å². The van der Waals surface area contributed by atoms with E-state index in [1.165, 1.54) is 41.1 Å². The number of likely N-dealkylation sites (tertiary alicyclic amines) is 1. The number of rotatable bonds is 3. The van der Waals surface area contributed by atoms with Gasteiger partial charge in [-0.3, -0.25) is 4.99 Å². The van der Waals surface area contributed by atoms with Gasteiger partial charge in [-0.15, -0.1) is 11.8 Å². The molecule has 3 heteroatoms. The van der Waals surface area contributed by atoms with Crippen molar-refractivity contribution in [3.8, 4) is 0 Å². The van der Waals surface area contributed by atoms with Crippen molar-refractivity contribution in [2.45, 2.75) is 36.6 Å². The van der Waals surface area contributed by atoms with E-state index in [4.69, 9.17) is 4.99 Å². The van der Waals surface area contributed by atoms with E-state index in [-0.39, 0.29) is 5.54 Å². The molecule has 1 unspecified atom stereocenters. The van der Waals surface area contributed by atoms with Gasteiger partial charge in [-0.1, -0.05) is 42.5 Å². The van der Waals surface area contributed by atoms with Gasteiger partial charge in [0.1, 0.15) is 5.84 Å². The molecular formula is C21H24N2S. The Morgan fingerprint density at radius 3 is 2.46 bits per heavy atom. The van der Waals surface area contributed by atoms with Gasteiger partial charge in [0.15, 0.2) is 0 Å². The van der Waals surface area contributed by atoms with Crippen LogP contribution in [-0.2, 0) is 5.54 Å². The summed E-state index contributed by atoms with van der Waals surface area (Å²) < 4.78 is 0. The zero-order chi connectivity index (χ0) is 16.4. The lowest BCUT2D eigenvalue weighted by Crippen LogP contribution is -2.35. The van der Waals surface area contributed by atoms with Crippen LogP contribution in [0.15, 0.2) is 64.5 Å². The molecule has 0 bridgehead atoms. The number of amidine groups is 1. The van der Waals surface area contributed by atoms with Crippen molar-refractivity contribution in [1.82, 2.24) is 4.90 Å². The van der Waals surface area contributed by atoms with Crippen LogP contribution in [0.4, 0.5) is 0 Å². The van der Waals surface area contributed by atoms with Crippen molar-refractivity contribution in [3.05, 3.63) is 65.7 Å². The van der Waals surface area contributed by atoms with Crippen LogP contribution in [0.3, 0.4) is 0 Å². The number of thioether (sulfide) groups is 1. The summed E-state index contributed by atoms with van der Waals surface area (Å²) >= 11 is 1.90. The minimum absolute atomic E-state index is 0.135. The summed E-state index contributed by atoms with van der Waals surface area (Å²) in [7, 11) is 0. The molecule has 1 fully saturated rings. The van der Waals surface area contributed by atoms with Crippen molar-refractivity contribution in [3.63, 3.8) is 0 Å². The Balaban J connectivity index is 1.62. The van der Waals surface area contributed by atoms with E-state index < -0.39 is 0 Å². The predicted octanol–water partition coefficient (Wildman–Crippen LogP) is 4.94. The highest BCUT2D eigenvalue weighted by molar-refractivity contribution is 7.99. The third kappa shape index (κ3) is 2.98. The van der Waals surface area contributed by atoms with Crippen LogP contribution < -0.4 is 0 Å². The molecule has 0 amide bonds. The van der Waals surface area contributed by atoms with Crippen LogP contribution in [0.25, 0.3) is 0 Å². The fourth-order valence-corrected chi connectivity index (χ4v) is 4.72. The van der Waals surface area contributed by atoms with Crippen LogP contribution in [0, 0.1) is 0 Å². The SMILES string of the molecule is CC1(CSc2ccccc2)N=C(N2CCCCC2)c2ccccc21. The third-order valence-electron chi connectivity index (χ3n) is 5.02. The molecule has 1 atom stereocenters. The highest BCUT2D eigenvalue weighted by atomic mass is 32.2. The monoisotopic (exact) mass is 336 g/mol. The van der Waals surface area contributed by atoms with E-state index >= 15 is 0 Å². The maximum atomic E-state index is 5.25. The summed E-state index contributed by atoms with van der Waals surface area (Å²) in [6.45, 7) is 4.59. The fourth-order valence-electron chi connectivity index (χ4n) is 3.70. The maximum Gasteiger partial charge on any atom is 0.132 e. The highest BCUT2D eigenvalue weighted by Crippen LogP contribution is 2.40. The second-order valence-corrected chi connectivity index (χ2v) is 7.95. The first-order valence-electron chi connectivity index (χ1n) is 8.89. The molecule has 0 aromatic heterocycles. The topological polar surface area (TPSA) is 15.6 Å². The molecule has 2 aromatic rings. The van der Waals surface area contributed by atoms with Gasteiger partial charge >= 0.3 is 0 Å². The van der Waals surface area contributed by atoms with Crippen molar-refractivity contribution >= 4 is 17.6 Å². The lowest BCUT2D eigenvalue weighted by atomic mass is 9.93. The molecule has 0 spiro atoms. The molecule has 2 aliphatic heterocycles. The third-order valence-corrected chi connectivity index (χ3v) is 6.33. The van der Waals surface area contributed by atoms with Crippen molar-refractivity contribution < 1.29 is 0 Å². The molecular weight excluding hydrogens is 312 g/mol. The number of piperidine rings is 1. The molecule has 24 heavy (non-hydrogen) atoms.